The van der Waals surface area contributed by atoms with E-state index in [0.29, 0.717) is 11.9 Å². The predicted molar refractivity (Wildman–Crippen MR) is 90.1 cm³/mol. The van der Waals surface area contributed by atoms with E-state index < -0.39 is 18.1 Å². The lowest BCUT2D eigenvalue weighted by atomic mass is 10.1. The molecule has 7 heteroatoms. The number of halogens is 3. The van der Waals surface area contributed by atoms with E-state index in [1.807, 2.05) is 30.5 Å². The van der Waals surface area contributed by atoms with Crippen LogP contribution < -0.4 is 5.32 Å². The third kappa shape index (κ3) is 2.88. The maximum atomic E-state index is 13.6. The topological polar surface area (TPSA) is 53.6 Å². The molecule has 0 atom stereocenters. The average molecular weight is 342 g/mol. The van der Waals surface area contributed by atoms with Gasteiger partial charge in [-0.3, -0.25) is 0 Å². The van der Waals surface area contributed by atoms with E-state index in [1.54, 1.807) is 0 Å². The second kappa shape index (κ2) is 6.08. The summed E-state index contributed by atoms with van der Waals surface area (Å²) in [6, 6.07) is 11.5. The van der Waals surface area contributed by atoms with Gasteiger partial charge in [-0.2, -0.15) is 0 Å². The van der Waals surface area contributed by atoms with Gasteiger partial charge in [-0.25, -0.2) is 23.1 Å². The number of hydrogen-bond acceptors (Lipinski definition) is 3. The maximum Gasteiger partial charge on any atom is 0.297 e. The van der Waals surface area contributed by atoms with Gasteiger partial charge in [-0.05, 0) is 35.9 Å². The van der Waals surface area contributed by atoms with Gasteiger partial charge < -0.3 is 10.3 Å². The number of aromatic nitrogens is 3. The molecule has 2 aromatic carbocycles. The van der Waals surface area contributed by atoms with Crippen LogP contribution in [0.2, 0.25) is 0 Å². The summed E-state index contributed by atoms with van der Waals surface area (Å²) >= 11 is 0. The fourth-order valence-electron chi connectivity index (χ4n) is 2.83. The maximum absolute atomic E-state index is 13.6. The number of benzene rings is 2. The van der Waals surface area contributed by atoms with Crippen molar-refractivity contribution < 1.29 is 13.2 Å². The number of H-pyrrole nitrogens is 1. The standard InChI is InChI=1S/C18H13F3N4/c19-11-4-5-15-13(8-11)17(25-18(24-15)16(20)21)23-9-10-2-1-3-14-12(10)6-7-22-14/h1-8,16,22H,9H2,(H,23,24,25). The monoisotopic (exact) mass is 342 g/mol. The molecule has 2 aromatic heterocycles. The van der Waals surface area contributed by atoms with Gasteiger partial charge in [0, 0.05) is 29.0 Å². The lowest BCUT2D eigenvalue weighted by Crippen LogP contribution is -2.06. The lowest BCUT2D eigenvalue weighted by Gasteiger charge is -2.11. The van der Waals surface area contributed by atoms with Crippen LogP contribution >= 0.6 is 0 Å². The van der Waals surface area contributed by atoms with Crippen LogP contribution in [0.1, 0.15) is 17.8 Å². The molecule has 4 rings (SSSR count). The normalized spacial score (nSPS) is 11.5. The van der Waals surface area contributed by atoms with Crippen LogP contribution in [0.15, 0.2) is 48.7 Å². The van der Waals surface area contributed by atoms with E-state index in [4.69, 9.17) is 0 Å². The van der Waals surface area contributed by atoms with Crippen LogP contribution in [-0.2, 0) is 6.54 Å². The van der Waals surface area contributed by atoms with E-state index in [9.17, 15) is 13.2 Å². The van der Waals surface area contributed by atoms with Gasteiger partial charge in [0.05, 0.1) is 5.52 Å². The third-order valence-corrected chi connectivity index (χ3v) is 4.00. The molecule has 126 valence electrons. The molecule has 0 amide bonds. The number of hydrogen-bond donors (Lipinski definition) is 2. The predicted octanol–water partition coefficient (Wildman–Crippen LogP) is 4.80. The van der Waals surface area contributed by atoms with Crippen LogP contribution in [0.25, 0.3) is 21.8 Å². The molecule has 0 aliphatic carbocycles. The van der Waals surface area contributed by atoms with Crippen molar-refractivity contribution in [1.82, 2.24) is 15.0 Å². The lowest BCUT2D eigenvalue weighted by molar-refractivity contribution is 0.141. The number of anilines is 1. The van der Waals surface area contributed by atoms with Crippen molar-refractivity contribution in [3.63, 3.8) is 0 Å². The molecule has 4 nitrogen and oxygen atoms in total. The van der Waals surface area contributed by atoms with Gasteiger partial charge in [0.25, 0.3) is 6.43 Å². The van der Waals surface area contributed by atoms with Crippen molar-refractivity contribution in [2.45, 2.75) is 13.0 Å². The highest BCUT2D eigenvalue weighted by Crippen LogP contribution is 2.26. The summed E-state index contributed by atoms with van der Waals surface area (Å²) in [7, 11) is 0. The smallest absolute Gasteiger partial charge is 0.297 e. The molecule has 0 spiro atoms. The Kier molecular flexibility index (Phi) is 3.76. The number of fused-ring (bicyclic) bond motifs is 2. The first-order chi connectivity index (χ1) is 12.1. The van der Waals surface area contributed by atoms with E-state index >= 15 is 0 Å². The zero-order valence-corrected chi connectivity index (χ0v) is 12.9. The van der Waals surface area contributed by atoms with Crippen molar-refractivity contribution in [3.8, 4) is 0 Å². The largest absolute Gasteiger partial charge is 0.365 e. The van der Waals surface area contributed by atoms with Gasteiger partial charge >= 0.3 is 0 Å². The third-order valence-electron chi connectivity index (χ3n) is 4.00. The minimum absolute atomic E-state index is 0.187. The molecule has 2 N–H and O–H groups in total. The Morgan fingerprint density at radius 2 is 1.92 bits per heavy atom. The van der Waals surface area contributed by atoms with E-state index in [1.165, 1.54) is 18.2 Å². The number of nitrogens with zero attached hydrogens (tertiary/aromatic N) is 2. The second-order valence-corrected chi connectivity index (χ2v) is 5.60. The summed E-state index contributed by atoms with van der Waals surface area (Å²) in [5, 5.41) is 4.43. The summed E-state index contributed by atoms with van der Waals surface area (Å²) in [6.45, 7) is 0.362. The van der Waals surface area contributed by atoms with Crippen molar-refractivity contribution in [2.75, 3.05) is 5.32 Å². The molecule has 2 heterocycles. The first kappa shape index (κ1) is 15.4. The van der Waals surface area contributed by atoms with Crippen LogP contribution in [0.5, 0.6) is 0 Å². The van der Waals surface area contributed by atoms with Crippen LogP contribution in [0.4, 0.5) is 19.0 Å². The first-order valence-electron chi connectivity index (χ1n) is 7.66. The van der Waals surface area contributed by atoms with Crippen molar-refractivity contribution in [2.24, 2.45) is 0 Å². The Morgan fingerprint density at radius 3 is 2.76 bits per heavy atom. The zero-order valence-electron chi connectivity index (χ0n) is 12.9. The highest BCUT2D eigenvalue weighted by Gasteiger charge is 2.16. The Hall–Kier alpha value is -3.09. The van der Waals surface area contributed by atoms with Crippen LogP contribution in [0.3, 0.4) is 0 Å². The SMILES string of the molecule is Fc1ccc2nc(C(F)F)nc(NCc3cccc4[nH]ccc34)c2c1. The fraction of sp³-hybridized carbons (Fsp3) is 0.111. The van der Waals surface area contributed by atoms with Gasteiger partial charge in [-0.15, -0.1) is 0 Å². The zero-order chi connectivity index (χ0) is 17.4. The number of alkyl halides is 2. The molecule has 0 aliphatic heterocycles. The Balaban J connectivity index is 1.75. The van der Waals surface area contributed by atoms with Gasteiger partial charge in [-0.1, -0.05) is 12.1 Å². The van der Waals surface area contributed by atoms with E-state index in [2.05, 4.69) is 20.3 Å². The number of nitrogens with one attached hydrogen (secondary N) is 2. The van der Waals surface area contributed by atoms with Crippen LogP contribution in [0, 0.1) is 5.82 Å². The Morgan fingerprint density at radius 1 is 1.04 bits per heavy atom. The van der Waals surface area contributed by atoms with Gasteiger partial charge in [0.2, 0.25) is 0 Å². The summed E-state index contributed by atoms with van der Waals surface area (Å²) < 4.78 is 39.7. The van der Waals surface area contributed by atoms with E-state index in [-0.39, 0.29) is 11.3 Å². The summed E-state index contributed by atoms with van der Waals surface area (Å²) in [6.07, 6.45) is -0.971. The first-order valence-corrected chi connectivity index (χ1v) is 7.66. The fourth-order valence-corrected chi connectivity index (χ4v) is 2.83. The number of aromatic amines is 1. The van der Waals surface area contributed by atoms with Crippen molar-refractivity contribution >= 4 is 27.6 Å². The molecule has 0 fully saturated rings. The van der Waals surface area contributed by atoms with Gasteiger partial charge in [0.15, 0.2) is 5.82 Å². The van der Waals surface area contributed by atoms with Crippen LogP contribution in [-0.4, -0.2) is 15.0 Å². The molecule has 4 aromatic rings. The Bertz CT molecular complexity index is 1060. The average Bonchev–Trinajstić information content (AvgIpc) is 3.08. The molecule has 25 heavy (non-hydrogen) atoms. The number of rotatable bonds is 4. The molecule has 0 saturated carbocycles. The molecular weight excluding hydrogens is 329 g/mol. The molecule has 0 bridgehead atoms. The molecule has 0 radical (unpaired) electrons. The molecule has 0 unspecified atom stereocenters. The quantitative estimate of drug-likeness (QED) is 0.560. The van der Waals surface area contributed by atoms with Gasteiger partial charge in [0.1, 0.15) is 11.6 Å². The highest BCUT2D eigenvalue weighted by atomic mass is 19.3. The summed E-state index contributed by atoms with van der Waals surface area (Å²) in [5.41, 5.74) is 2.22. The minimum atomic E-state index is -2.80. The molecular formula is C18H13F3N4. The summed E-state index contributed by atoms with van der Waals surface area (Å²) in [5.74, 6) is -0.870. The highest BCUT2D eigenvalue weighted by molar-refractivity contribution is 5.89. The molecule has 0 saturated heterocycles. The summed E-state index contributed by atoms with van der Waals surface area (Å²) in [4.78, 5) is 10.8. The minimum Gasteiger partial charge on any atom is -0.365 e. The van der Waals surface area contributed by atoms with Crippen molar-refractivity contribution in [3.05, 3.63) is 65.9 Å². The second-order valence-electron chi connectivity index (χ2n) is 5.60. The Labute approximate surface area is 140 Å². The van der Waals surface area contributed by atoms with E-state index in [0.717, 1.165) is 16.5 Å². The van der Waals surface area contributed by atoms with Crippen molar-refractivity contribution in [1.29, 1.82) is 0 Å². The molecule has 0 aliphatic rings.